The summed E-state index contributed by atoms with van der Waals surface area (Å²) < 4.78 is 11.5. The van der Waals surface area contributed by atoms with Crippen LogP contribution in [-0.2, 0) is 14.3 Å². The second-order valence-electron chi connectivity index (χ2n) is 6.81. The first-order chi connectivity index (χ1) is 16.5. The Kier molecular flexibility index (Phi) is 6.63. The van der Waals surface area contributed by atoms with E-state index < -0.39 is 17.9 Å². The Morgan fingerprint density at radius 1 is 0.912 bits per heavy atom. The molecule has 0 atom stereocenters. The van der Waals surface area contributed by atoms with Gasteiger partial charge in [0.2, 0.25) is 0 Å². The van der Waals surface area contributed by atoms with Gasteiger partial charge >= 0.3 is 17.9 Å². The van der Waals surface area contributed by atoms with Crippen molar-refractivity contribution in [2.24, 2.45) is 0 Å². The standard InChI is InChI=1S/C23H20N6O5/c1-2-33-22(31)21(30)27-28-23(32)29-13-12-18-19(24-14-25-20(18)29)26-15-8-10-17(11-9-15)34-16-6-4-3-5-7-16/h3-14H,2H2,1H3,(H,27,30)(H,28,32)(H,24,25,26). The third kappa shape index (κ3) is 5.10. The van der Waals surface area contributed by atoms with Crippen LogP contribution in [0, 0.1) is 0 Å². The minimum atomic E-state index is -1.10. The number of carbonyl (C=O) groups excluding carboxylic acids is 3. The first-order valence-electron chi connectivity index (χ1n) is 10.2. The molecule has 0 spiro atoms. The summed E-state index contributed by atoms with van der Waals surface area (Å²) in [6, 6.07) is 17.7. The molecule has 2 aromatic carbocycles. The average Bonchev–Trinajstić information content (AvgIpc) is 3.30. The van der Waals surface area contributed by atoms with Crippen molar-refractivity contribution in [2.75, 3.05) is 11.9 Å². The van der Waals surface area contributed by atoms with Crippen molar-refractivity contribution in [3.8, 4) is 11.5 Å². The summed E-state index contributed by atoms with van der Waals surface area (Å²) in [5.41, 5.74) is 5.18. The maximum Gasteiger partial charge on any atom is 0.398 e. The van der Waals surface area contributed by atoms with Gasteiger partial charge in [-0.25, -0.2) is 25.0 Å². The van der Waals surface area contributed by atoms with Gasteiger partial charge in [-0.05, 0) is 49.4 Å². The van der Waals surface area contributed by atoms with Gasteiger partial charge in [-0.15, -0.1) is 0 Å². The molecule has 3 N–H and O–H groups in total. The van der Waals surface area contributed by atoms with E-state index in [9.17, 15) is 14.4 Å². The van der Waals surface area contributed by atoms with Crippen molar-refractivity contribution in [2.45, 2.75) is 6.92 Å². The zero-order valence-electron chi connectivity index (χ0n) is 18.0. The molecule has 0 bridgehead atoms. The summed E-state index contributed by atoms with van der Waals surface area (Å²) >= 11 is 0. The number of rotatable bonds is 5. The average molecular weight is 460 g/mol. The predicted molar refractivity (Wildman–Crippen MR) is 122 cm³/mol. The van der Waals surface area contributed by atoms with Crippen LogP contribution in [0.5, 0.6) is 11.5 Å². The summed E-state index contributed by atoms with van der Waals surface area (Å²) in [6.07, 6.45) is 2.77. The highest BCUT2D eigenvalue weighted by atomic mass is 16.5. The highest BCUT2D eigenvalue weighted by Crippen LogP contribution is 2.26. The maximum atomic E-state index is 12.5. The van der Waals surface area contributed by atoms with Gasteiger partial charge in [0, 0.05) is 11.9 Å². The Morgan fingerprint density at radius 2 is 1.65 bits per heavy atom. The molecule has 2 heterocycles. The van der Waals surface area contributed by atoms with Gasteiger partial charge in [0.05, 0.1) is 12.0 Å². The molecule has 0 saturated heterocycles. The molecule has 11 heteroatoms. The molecule has 11 nitrogen and oxygen atoms in total. The van der Waals surface area contributed by atoms with Crippen LogP contribution < -0.4 is 20.9 Å². The molecular formula is C23H20N6O5. The van der Waals surface area contributed by atoms with Crippen LogP contribution in [0.25, 0.3) is 11.0 Å². The lowest BCUT2D eigenvalue weighted by Crippen LogP contribution is -2.46. The molecule has 172 valence electrons. The van der Waals surface area contributed by atoms with Crippen molar-refractivity contribution < 1.29 is 23.9 Å². The Labute approximate surface area is 193 Å². The topological polar surface area (TPSA) is 136 Å². The first-order valence-corrected chi connectivity index (χ1v) is 10.2. The third-order valence-corrected chi connectivity index (χ3v) is 4.54. The number of amides is 2. The number of para-hydroxylation sites is 1. The van der Waals surface area contributed by atoms with Gasteiger partial charge in [-0.3, -0.25) is 14.8 Å². The van der Waals surface area contributed by atoms with E-state index >= 15 is 0 Å². The Bertz CT molecular complexity index is 1320. The molecule has 0 fully saturated rings. The van der Waals surface area contributed by atoms with Crippen LogP contribution in [-0.4, -0.2) is 39.0 Å². The van der Waals surface area contributed by atoms with Crippen molar-refractivity contribution in [1.29, 1.82) is 0 Å². The number of fused-ring (bicyclic) bond motifs is 1. The highest BCUT2D eigenvalue weighted by molar-refractivity contribution is 6.32. The van der Waals surface area contributed by atoms with Gasteiger partial charge < -0.3 is 14.8 Å². The molecule has 4 rings (SSSR count). The summed E-state index contributed by atoms with van der Waals surface area (Å²) in [7, 11) is 0. The summed E-state index contributed by atoms with van der Waals surface area (Å²) in [4.78, 5) is 43.8. The fourth-order valence-corrected chi connectivity index (χ4v) is 3.00. The van der Waals surface area contributed by atoms with Gasteiger partial charge in [0.25, 0.3) is 0 Å². The Balaban J connectivity index is 1.45. The number of hydrazine groups is 1. The van der Waals surface area contributed by atoms with Crippen LogP contribution in [0.3, 0.4) is 0 Å². The molecule has 0 saturated carbocycles. The summed E-state index contributed by atoms with van der Waals surface area (Å²) in [5, 5.41) is 3.76. The van der Waals surface area contributed by atoms with E-state index in [1.165, 1.54) is 17.1 Å². The van der Waals surface area contributed by atoms with Crippen molar-refractivity contribution in [3.05, 3.63) is 73.2 Å². The number of anilines is 2. The normalized spacial score (nSPS) is 10.4. The van der Waals surface area contributed by atoms with Crippen molar-refractivity contribution >= 4 is 40.4 Å². The maximum absolute atomic E-state index is 12.5. The molecule has 2 amide bonds. The smallest absolute Gasteiger partial charge is 0.398 e. The number of nitrogens with one attached hydrogen (secondary N) is 3. The second kappa shape index (κ2) is 10.1. The molecule has 34 heavy (non-hydrogen) atoms. The Hall–Kier alpha value is -4.93. The lowest BCUT2D eigenvalue weighted by molar-refractivity contribution is -0.154. The van der Waals surface area contributed by atoms with Gasteiger partial charge in [0.15, 0.2) is 5.65 Å². The van der Waals surface area contributed by atoms with Gasteiger partial charge in [-0.1, -0.05) is 18.2 Å². The molecule has 0 aliphatic carbocycles. The van der Waals surface area contributed by atoms with Gasteiger partial charge in [0.1, 0.15) is 23.6 Å². The lowest BCUT2D eigenvalue weighted by Gasteiger charge is -2.10. The van der Waals surface area contributed by atoms with E-state index in [0.717, 1.165) is 11.4 Å². The third-order valence-electron chi connectivity index (χ3n) is 4.54. The zero-order chi connectivity index (χ0) is 23.9. The molecule has 0 aliphatic rings. The minimum Gasteiger partial charge on any atom is -0.459 e. The highest BCUT2D eigenvalue weighted by Gasteiger charge is 2.18. The number of ether oxygens (including phenoxy) is 2. The van der Waals surface area contributed by atoms with Crippen LogP contribution in [0.2, 0.25) is 0 Å². The minimum absolute atomic E-state index is 0.0396. The van der Waals surface area contributed by atoms with Crippen LogP contribution >= 0.6 is 0 Å². The largest absolute Gasteiger partial charge is 0.459 e. The number of carbonyl (C=O) groups is 3. The Morgan fingerprint density at radius 3 is 2.38 bits per heavy atom. The van der Waals surface area contributed by atoms with E-state index in [0.29, 0.717) is 22.6 Å². The van der Waals surface area contributed by atoms with E-state index in [2.05, 4.69) is 25.4 Å². The number of benzene rings is 2. The van der Waals surface area contributed by atoms with E-state index in [1.807, 2.05) is 60.0 Å². The SMILES string of the molecule is CCOC(=O)C(=O)NNC(=O)n1ccc2c(Nc3ccc(Oc4ccccc4)cc3)ncnc21. The predicted octanol–water partition coefficient (Wildman–Crippen LogP) is 3.12. The number of esters is 1. The number of hydrogen-bond donors (Lipinski definition) is 3. The van der Waals surface area contributed by atoms with Crippen molar-refractivity contribution in [3.63, 3.8) is 0 Å². The monoisotopic (exact) mass is 460 g/mol. The summed E-state index contributed by atoms with van der Waals surface area (Å²) in [6.45, 7) is 1.60. The van der Waals surface area contributed by atoms with Gasteiger partial charge in [-0.2, -0.15) is 0 Å². The number of nitrogens with zero attached hydrogens (tertiary/aromatic N) is 3. The molecule has 0 unspecified atom stereocenters. The lowest BCUT2D eigenvalue weighted by atomic mass is 10.3. The molecular weight excluding hydrogens is 440 g/mol. The second-order valence-corrected chi connectivity index (χ2v) is 6.81. The molecule has 2 aromatic heterocycles. The first kappa shape index (κ1) is 22.3. The van der Waals surface area contributed by atoms with Crippen LogP contribution in [0.1, 0.15) is 6.92 Å². The molecule has 0 aliphatic heterocycles. The van der Waals surface area contributed by atoms with E-state index in [1.54, 1.807) is 13.0 Å². The quantitative estimate of drug-likeness (QED) is 0.235. The van der Waals surface area contributed by atoms with E-state index in [-0.39, 0.29) is 6.61 Å². The fourth-order valence-electron chi connectivity index (χ4n) is 3.00. The van der Waals surface area contributed by atoms with Crippen LogP contribution in [0.15, 0.2) is 73.2 Å². The van der Waals surface area contributed by atoms with E-state index in [4.69, 9.17) is 4.74 Å². The van der Waals surface area contributed by atoms with Crippen molar-refractivity contribution in [1.82, 2.24) is 25.4 Å². The summed E-state index contributed by atoms with van der Waals surface area (Å²) in [5.74, 6) is -0.308. The number of hydrogen-bond acceptors (Lipinski definition) is 8. The van der Waals surface area contributed by atoms with Crippen LogP contribution in [0.4, 0.5) is 16.3 Å². The molecule has 4 aromatic rings. The molecule has 0 radical (unpaired) electrons. The fraction of sp³-hybridized carbons (Fsp3) is 0.0870. The number of aromatic nitrogens is 3. The zero-order valence-corrected chi connectivity index (χ0v) is 18.0.